The first-order valence-corrected chi connectivity index (χ1v) is 8.28. The number of thioether (sulfide) groups is 1. The Labute approximate surface area is 120 Å². The van der Waals surface area contributed by atoms with Gasteiger partial charge in [-0.25, -0.2) is 8.42 Å². The fourth-order valence-electron chi connectivity index (χ4n) is 1.48. The normalized spacial score (nSPS) is 17.6. The lowest BCUT2D eigenvalue weighted by molar-refractivity contribution is -0.115. The van der Waals surface area contributed by atoms with Crippen LogP contribution in [0.4, 0.5) is 5.69 Å². The van der Waals surface area contributed by atoms with Crippen LogP contribution in [0.1, 0.15) is 5.56 Å². The number of amides is 1. The Balaban J connectivity index is 2.27. The molecule has 0 aliphatic carbocycles. The molecule has 0 aromatic heterocycles. The summed E-state index contributed by atoms with van der Waals surface area (Å²) in [4.78, 5) is 12.0. The van der Waals surface area contributed by atoms with Crippen LogP contribution in [0.25, 0.3) is 6.08 Å². The maximum Gasteiger partial charge on any atom is 0.263 e. The Morgan fingerprint density at radius 3 is 2.74 bits per heavy atom. The highest BCUT2D eigenvalue weighted by Gasteiger charge is 2.21. The molecule has 0 radical (unpaired) electrons. The van der Waals surface area contributed by atoms with Crippen molar-refractivity contribution in [2.75, 3.05) is 11.0 Å². The van der Waals surface area contributed by atoms with Crippen molar-refractivity contribution in [3.8, 4) is 0 Å². The van der Waals surface area contributed by atoms with Gasteiger partial charge in [0.2, 0.25) is 10.0 Å². The van der Waals surface area contributed by atoms with E-state index in [2.05, 4.69) is 10.0 Å². The number of thiocarbonyl (C=S) groups is 1. The van der Waals surface area contributed by atoms with Crippen molar-refractivity contribution in [1.29, 1.82) is 0 Å². The third-order valence-corrected chi connectivity index (χ3v) is 3.90. The molecule has 8 heteroatoms. The third kappa shape index (κ3) is 4.05. The Hall–Kier alpha value is -1.38. The molecule has 0 unspecified atom stereocenters. The van der Waals surface area contributed by atoms with Gasteiger partial charge in [0.05, 0.1) is 11.2 Å². The molecule has 1 heterocycles. The van der Waals surface area contributed by atoms with E-state index in [1.165, 1.54) is 11.8 Å². The van der Waals surface area contributed by atoms with Crippen LogP contribution in [0.15, 0.2) is 29.2 Å². The molecule has 1 aliphatic rings. The SMILES string of the molecule is CS(=O)(=O)Nc1cccc(C=C2SC(=S)NC2=O)c1. The van der Waals surface area contributed by atoms with E-state index in [-0.39, 0.29) is 5.91 Å². The summed E-state index contributed by atoms with van der Waals surface area (Å²) in [6, 6.07) is 6.75. The Morgan fingerprint density at radius 2 is 2.16 bits per heavy atom. The van der Waals surface area contributed by atoms with E-state index in [9.17, 15) is 13.2 Å². The van der Waals surface area contributed by atoms with E-state index >= 15 is 0 Å². The Bertz CT molecular complexity index is 680. The second kappa shape index (κ2) is 5.32. The van der Waals surface area contributed by atoms with Crippen LogP contribution in [-0.4, -0.2) is 24.9 Å². The molecular weight excluding hydrogens is 304 g/mol. The van der Waals surface area contributed by atoms with Crippen molar-refractivity contribution in [3.63, 3.8) is 0 Å². The molecule has 0 atom stereocenters. The number of carbonyl (C=O) groups excluding carboxylic acids is 1. The minimum atomic E-state index is -3.32. The summed E-state index contributed by atoms with van der Waals surface area (Å²) in [5, 5.41) is 2.52. The molecule has 1 amide bonds. The molecule has 1 saturated heterocycles. The molecule has 0 saturated carbocycles. The van der Waals surface area contributed by atoms with Crippen LogP contribution in [0.2, 0.25) is 0 Å². The highest BCUT2D eigenvalue weighted by atomic mass is 32.2. The molecule has 1 aliphatic heterocycles. The van der Waals surface area contributed by atoms with Gasteiger partial charge in [-0.05, 0) is 23.8 Å². The summed E-state index contributed by atoms with van der Waals surface area (Å²) >= 11 is 6.07. The highest BCUT2D eigenvalue weighted by molar-refractivity contribution is 8.26. The van der Waals surface area contributed by atoms with Crippen LogP contribution in [0.3, 0.4) is 0 Å². The third-order valence-electron chi connectivity index (χ3n) is 2.13. The van der Waals surface area contributed by atoms with Gasteiger partial charge in [-0.3, -0.25) is 9.52 Å². The number of benzene rings is 1. The van der Waals surface area contributed by atoms with Gasteiger partial charge in [0, 0.05) is 5.69 Å². The summed E-state index contributed by atoms with van der Waals surface area (Å²) < 4.78 is 25.1. The van der Waals surface area contributed by atoms with Gasteiger partial charge >= 0.3 is 0 Å². The molecule has 1 aromatic rings. The predicted molar refractivity (Wildman–Crippen MR) is 81.2 cm³/mol. The largest absolute Gasteiger partial charge is 0.307 e. The molecular formula is C11H10N2O3S3. The van der Waals surface area contributed by atoms with Gasteiger partial charge in [-0.15, -0.1) is 0 Å². The van der Waals surface area contributed by atoms with E-state index in [0.717, 1.165) is 11.8 Å². The van der Waals surface area contributed by atoms with Crippen molar-refractivity contribution >= 4 is 56.0 Å². The van der Waals surface area contributed by atoms with E-state index < -0.39 is 10.0 Å². The molecule has 1 fully saturated rings. The summed E-state index contributed by atoms with van der Waals surface area (Å²) in [6.45, 7) is 0. The second-order valence-corrected chi connectivity index (χ2v) is 7.32. The number of hydrogen-bond acceptors (Lipinski definition) is 5. The molecule has 0 bridgehead atoms. The minimum absolute atomic E-state index is 0.239. The number of carbonyl (C=O) groups is 1. The maximum absolute atomic E-state index is 11.5. The lowest BCUT2D eigenvalue weighted by Crippen LogP contribution is -2.17. The first kappa shape index (κ1) is 14.0. The zero-order valence-corrected chi connectivity index (χ0v) is 12.3. The van der Waals surface area contributed by atoms with Crippen LogP contribution >= 0.6 is 24.0 Å². The standard InChI is InChI=1S/C11H10N2O3S3/c1-19(15,16)13-8-4-2-3-7(5-8)6-9-10(14)12-11(17)18-9/h2-6,13H,1H3,(H,12,14,17). The number of nitrogens with one attached hydrogen (secondary N) is 2. The van der Waals surface area contributed by atoms with Crippen LogP contribution in [0, 0.1) is 0 Å². The van der Waals surface area contributed by atoms with E-state index in [4.69, 9.17) is 12.2 Å². The van der Waals surface area contributed by atoms with Gasteiger partial charge in [0.1, 0.15) is 4.32 Å². The van der Waals surface area contributed by atoms with Gasteiger partial charge < -0.3 is 5.32 Å². The van der Waals surface area contributed by atoms with Gasteiger partial charge in [-0.1, -0.05) is 36.1 Å². The molecule has 2 rings (SSSR count). The molecule has 1 aromatic carbocycles. The quantitative estimate of drug-likeness (QED) is 0.654. The summed E-state index contributed by atoms with van der Waals surface area (Å²) in [5.74, 6) is -0.239. The van der Waals surface area contributed by atoms with E-state index in [1.807, 2.05) is 0 Å². The van der Waals surface area contributed by atoms with Crippen molar-refractivity contribution < 1.29 is 13.2 Å². The molecule has 19 heavy (non-hydrogen) atoms. The summed E-state index contributed by atoms with van der Waals surface area (Å²) in [7, 11) is -3.32. The van der Waals surface area contributed by atoms with Crippen molar-refractivity contribution in [3.05, 3.63) is 34.7 Å². The lowest BCUT2D eigenvalue weighted by atomic mass is 10.2. The zero-order chi connectivity index (χ0) is 14.0. The van der Waals surface area contributed by atoms with Crippen molar-refractivity contribution in [1.82, 2.24) is 5.32 Å². The Morgan fingerprint density at radius 1 is 1.42 bits per heavy atom. The second-order valence-electron chi connectivity index (χ2n) is 3.85. The number of anilines is 1. The first-order chi connectivity index (χ1) is 8.83. The highest BCUT2D eigenvalue weighted by Crippen LogP contribution is 2.26. The monoisotopic (exact) mass is 314 g/mol. The minimum Gasteiger partial charge on any atom is -0.307 e. The van der Waals surface area contributed by atoms with Crippen LogP contribution in [0.5, 0.6) is 0 Å². The zero-order valence-electron chi connectivity index (χ0n) is 9.84. The molecule has 2 N–H and O–H groups in total. The Kier molecular flexibility index (Phi) is 3.93. The smallest absolute Gasteiger partial charge is 0.263 e. The summed E-state index contributed by atoms with van der Waals surface area (Å²) in [5.41, 5.74) is 1.17. The van der Waals surface area contributed by atoms with Crippen LogP contribution < -0.4 is 10.0 Å². The van der Waals surface area contributed by atoms with Gasteiger partial charge in [-0.2, -0.15) is 0 Å². The maximum atomic E-state index is 11.5. The molecule has 5 nitrogen and oxygen atoms in total. The number of hydrogen-bond donors (Lipinski definition) is 2. The predicted octanol–water partition coefficient (Wildman–Crippen LogP) is 1.55. The average molecular weight is 314 g/mol. The number of rotatable bonds is 3. The molecule has 0 spiro atoms. The van der Waals surface area contributed by atoms with Crippen molar-refractivity contribution in [2.45, 2.75) is 0 Å². The molecule has 100 valence electrons. The average Bonchev–Trinajstić information content (AvgIpc) is 2.55. The first-order valence-electron chi connectivity index (χ1n) is 5.16. The topological polar surface area (TPSA) is 75.3 Å². The van der Waals surface area contributed by atoms with Gasteiger partial charge in [0.15, 0.2) is 0 Å². The van der Waals surface area contributed by atoms with Crippen LogP contribution in [-0.2, 0) is 14.8 Å². The fourth-order valence-corrected chi connectivity index (χ4v) is 3.08. The van der Waals surface area contributed by atoms with E-state index in [1.54, 1.807) is 30.3 Å². The van der Waals surface area contributed by atoms with Crippen molar-refractivity contribution in [2.24, 2.45) is 0 Å². The fraction of sp³-hybridized carbons (Fsp3) is 0.0909. The summed E-state index contributed by atoms with van der Waals surface area (Å²) in [6.07, 6.45) is 2.74. The lowest BCUT2D eigenvalue weighted by Gasteiger charge is -2.04. The number of sulfonamides is 1. The van der Waals surface area contributed by atoms with E-state index in [0.29, 0.717) is 14.9 Å². The van der Waals surface area contributed by atoms with Gasteiger partial charge in [0.25, 0.3) is 5.91 Å².